The van der Waals surface area contributed by atoms with E-state index in [1.165, 1.54) is 0 Å². The second-order valence-electron chi connectivity index (χ2n) is 7.42. The molecule has 0 unspecified atom stereocenters. The number of para-hydroxylation sites is 1. The van der Waals surface area contributed by atoms with Crippen LogP contribution in [0, 0.1) is 0 Å². The van der Waals surface area contributed by atoms with E-state index in [-0.39, 0.29) is 5.91 Å². The number of ether oxygens (including phenoxy) is 2. The maximum Gasteiger partial charge on any atom is 0.251 e. The van der Waals surface area contributed by atoms with Gasteiger partial charge in [-0.3, -0.25) is 4.79 Å². The summed E-state index contributed by atoms with van der Waals surface area (Å²) in [5.41, 5.74) is 4.65. The molecule has 0 bridgehead atoms. The second-order valence-corrected chi connectivity index (χ2v) is 7.42. The van der Waals surface area contributed by atoms with Crippen LogP contribution in [0.1, 0.15) is 21.5 Å². The molecule has 1 aromatic heterocycles. The molecule has 0 saturated heterocycles. The number of fused-ring (bicyclic) bond motifs is 2. The molecule has 156 valence electrons. The van der Waals surface area contributed by atoms with Crippen LogP contribution in [0.4, 0.5) is 0 Å². The quantitative estimate of drug-likeness (QED) is 0.524. The van der Waals surface area contributed by atoms with E-state index in [0.29, 0.717) is 31.9 Å². The molecule has 1 aliphatic heterocycles. The first kappa shape index (κ1) is 19.1. The molecule has 7 heteroatoms. The van der Waals surface area contributed by atoms with E-state index in [1.54, 1.807) is 0 Å². The smallest absolute Gasteiger partial charge is 0.251 e. The van der Waals surface area contributed by atoms with E-state index in [2.05, 4.69) is 15.6 Å². The van der Waals surface area contributed by atoms with Crippen molar-refractivity contribution in [2.45, 2.75) is 13.0 Å². The standard InChI is InChI=1S/C24H22N4O3/c29-24(25-12-11-17-7-10-22-23(15-17)31-14-13-30-22)19-8-5-18(6-9-19)16-28-21-4-2-1-3-20(21)26-27-28/h1-10,15H,11-14,16H2,(H,25,29). The Morgan fingerprint density at radius 1 is 0.935 bits per heavy atom. The zero-order valence-corrected chi connectivity index (χ0v) is 17.0. The van der Waals surface area contributed by atoms with E-state index in [0.717, 1.165) is 40.1 Å². The molecule has 7 nitrogen and oxygen atoms in total. The predicted octanol–water partition coefficient (Wildman–Crippen LogP) is 3.22. The molecule has 1 aliphatic rings. The van der Waals surface area contributed by atoms with Crippen LogP contribution in [-0.4, -0.2) is 40.7 Å². The third-order valence-corrected chi connectivity index (χ3v) is 5.27. The SMILES string of the molecule is O=C(NCCc1ccc2c(c1)OCCO2)c1ccc(Cn2nnc3ccccc32)cc1. The monoisotopic (exact) mass is 414 g/mol. The van der Waals surface area contributed by atoms with Gasteiger partial charge in [-0.15, -0.1) is 5.10 Å². The number of carbonyl (C=O) groups is 1. The first-order chi connectivity index (χ1) is 15.3. The molecule has 3 aromatic carbocycles. The van der Waals surface area contributed by atoms with Crippen LogP contribution < -0.4 is 14.8 Å². The largest absolute Gasteiger partial charge is 0.486 e. The Bertz CT molecular complexity index is 1220. The van der Waals surface area contributed by atoms with Crippen LogP contribution >= 0.6 is 0 Å². The summed E-state index contributed by atoms with van der Waals surface area (Å²) in [6.45, 7) is 2.30. The van der Waals surface area contributed by atoms with Gasteiger partial charge in [-0.05, 0) is 53.9 Å². The first-order valence-corrected chi connectivity index (χ1v) is 10.3. The summed E-state index contributed by atoms with van der Waals surface area (Å²) in [4.78, 5) is 12.5. The highest BCUT2D eigenvalue weighted by molar-refractivity contribution is 5.94. The lowest BCUT2D eigenvalue weighted by molar-refractivity contribution is 0.0954. The van der Waals surface area contributed by atoms with Gasteiger partial charge in [0.2, 0.25) is 0 Å². The maximum atomic E-state index is 12.5. The molecule has 0 spiro atoms. The van der Waals surface area contributed by atoms with Crippen LogP contribution in [0.15, 0.2) is 66.7 Å². The molecular weight excluding hydrogens is 392 g/mol. The van der Waals surface area contributed by atoms with Crippen LogP contribution in [0.3, 0.4) is 0 Å². The van der Waals surface area contributed by atoms with Crippen LogP contribution in [0.2, 0.25) is 0 Å². The van der Waals surface area contributed by atoms with Crippen molar-refractivity contribution in [1.29, 1.82) is 0 Å². The molecule has 2 heterocycles. The lowest BCUT2D eigenvalue weighted by Crippen LogP contribution is -2.25. The zero-order valence-electron chi connectivity index (χ0n) is 17.0. The van der Waals surface area contributed by atoms with Crippen LogP contribution in [0.25, 0.3) is 11.0 Å². The summed E-state index contributed by atoms with van der Waals surface area (Å²) >= 11 is 0. The minimum absolute atomic E-state index is 0.0877. The van der Waals surface area contributed by atoms with E-state index in [9.17, 15) is 4.79 Å². The minimum atomic E-state index is -0.0877. The topological polar surface area (TPSA) is 78.3 Å². The molecule has 4 aromatic rings. The summed E-state index contributed by atoms with van der Waals surface area (Å²) in [5.74, 6) is 1.46. The van der Waals surface area contributed by atoms with Crippen molar-refractivity contribution in [3.8, 4) is 11.5 Å². The summed E-state index contributed by atoms with van der Waals surface area (Å²) in [7, 11) is 0. The van der Waals surface area contributed by atoms with E-state index in [4.69, 9.17) is 9.47 Å². The lowest BCUT2D eigenvalue weighted by Gasteiger charge is -2.18. The van der Waals surface area contributed by atoms with Gasteiger partial charge in [-0.1, -0.05) is 35.5 Å². The fourth-order valence-electron chi connectivity index (χ4n) is 3.63. The average Bonchev–Trinajstić information content (AvgIpc) is 3.22. The van der Waals surface area contributed by atoms with Gasteiger partial charge in [-0.25, -0.2) is 4.68 Å². The van der Waals surface area contributed by atoms with Crippen molar-refractivity contribution >= 4 is 16.9 Å². The lowest BCUT2D eigenvalue weighted by atomic mass is 10.1. The van der Waals surface area contributed by atoms with Gasteiger partial charge in [0.15, 0.2) is 11.5 Å². The minimum Gasteiger partial charge on any atom is -0.486 e. The summed E-state index contributed by atoms with van der Waals surface area (Å²) in [5, 5.41) is 11.4. The van der Waals surface area contributed by atoms with Crippen molar-refractivity contribution in [2.24, 2.45) is 0 Å². The highest BCUT2D eigenvalue weighted by Gasteiger charge is 2.12. The Morgan fingerprint density at radius 3 is 2.58 bits per heavy atom. The van der Waals surface area contributed by atoms with Crippen LogP contribution in [-0.2, 0) is 13.0 Å². The highest BCUT2D eigenvalue weighted by Crippen LogP contribution is 2.30. The van der Waals surface area contributed by atoms with Gasteiger partial charge in [0.25, 0.3) is 5.91 Å². The molecule has 0 fully saturated rings. The van der Waals surface area contributed by atoms with Gasteiger partial charge in [0.05, 0.1) is 12.1 Å². The third kappa shape index (κ3) is 4.21. The zero-order chi connectivity index (χ0) is 21.0. The number of hydrogen-bond acceptors (Lipinski definition) is 5. The number of aromatic nitrogens is 3. The summed E-state index contributed by atoms with van der Waals surface area (Å²) in [6, 6.07) is 21.3. The van der Waals surface area contributed by atoms with E-state index in [1.807, 2.05) is 71.4 Å². The van der Waals surface area contributed by atoms with Crippen molar-refractivity contribution in [3.63, 3.8) is 0 Å². The van der Waals surface area contributed by atoms with Crippen molar-refractivity contribution in [3.05, 3.63) is 83.4 Å². The normalized spacial score (nSPS) is 12.6. The maximum absolute atomic E-state index is 12.5. The molecular formula is C24H22N4O3. The number of benzene rings is 3. The molecule has 0 aliphatic carbocycles. The molecule has 0 atom stereocenters. The van der Waals surface area contributed by atoms with Crippen LogP contribution in [0.5, 0.6) is 11.5 Å². The molecule has 1 N–H and O–H groups in total. The van der Waals surface area contributed by atoms with Gasteiger partial charge < -0.3 is 14.8 Å². The van der Waals surface area contributed by atoms with Crippen molar-refractivity contribution in [1.82, 2.24) is 20.3 Å². The van der Waals surface area contributed by atoms with Gasteiger partial charge >= 0.3 is 0 Å². The number of nitrogens with one attached hydrogen (secondary N) is 1. The Morgan fingerprint density at radius 2 is 1.71 bits per heavy atom. The second kappa shape index (κ2) is 8.47. The van der Waals surface area contributed by atoms with Gasteiger partial charge in [-0.2, -0.15) is 0 Å². The summed E-state index contributed by atoms with van der Waals surface area (Å²) < 4.78 is 13.0. The number of amides is 1. The van der Waals surface area contributed by atoms with Crippen molar-refractivity contribution < 1.29 is 14.3 Å². The predicted molar refractivity (Wildman–Crippen MR) is 117 cm³/mol. The third-order valence-electron chi connectivity index (χ3n) is 5.27. The molecule has 0 saturated carbocycles. The number of hydrogen-bond donors (Lipinski definition) is 1. The Balaban J connectivity index is 1.17. The van der Waals surface area contributed by atoms with Gasteiger partial charge in [0, 0.05) is 12.1 Å². The Labute approximate surface area is 179 Å². The fraction of sp³-hybridized carbons (Fsp3) is 0.208. The molecule has 5 rings (SSSR count). The van der Waals surface area contributed by atoms with E-state index >= 15 is 0 Å². The van der Waals surface area contributed by atoms with Crippen molar-refractivity contribution in [2.75, 3.05) is 19.8 Å². The first-order valence-electron chi connectivity index (χ1n) is 10.3. The molecule has 31 heavy (non-hydrogen) atoms. The number of rotatable bonds is 6. The highest BCUT2D eigenvalue weighted by atomic mass is 16.6. The fourth-order valence-corrected chi connectivity index (χ4v) is 3.63. The van der Waals surface area contributed by atoms with Gasteiger partial charge in [0.1, 0.15) is 18.7 Å². The number of carbonyl (C=O) groups excluding carboxylic acids is 1. The Kier molecular flexibility index (Phi) is 5.22. The number of nitrogens with zero attached hydrogens (tertiary/aromatic N) is 3. The Hall–Kier alpha value is -3.87. The summed E-state index contributed by atoms with van der Waals surface area (Å²) in [6.07, 6.45) is 0.722. The average molecular weight is 414 g/mol. The van der Waals surface area contributed by atoms with E-state index < -0.39 is 0 Å². The molecule has 1 amide bonds. The molecule has 0 radical (unpaired) electrons.